The normalized spacial score (nSPS) is 17.9. The number of aromatic carboxylic acids is 1. The summed E-state index contributed by atoms with van der Waals surface area (Å²) in [6, 6.07) is 10.3. The first kappa shape index (κ1) is 21.5. The molecule has 0 radical (unpaired) electrons. The number of halogens is 2. The van der Waals surface area contributed by atoms with Crippen molar-refractivity contribution in [1.82, 2.24) is 19.6 Å². The fourth-order valence-electron chi connectivity index (χ4n) is 4.87. The molecule has 4 aromatic rings. The molecule has 2 aromatic heterocycles. The van der Waals surface area contributed by atoms with Crippen LogP contribution in [-0.2, 0) is 0 Å². The molecule has 0 bridgehead atoms. The standard InChI is InChI=1S/C25H21F2N5O3/c26-19-10-17-22(31(15-6-7-15)12-18(24(17)33)25(34)35)21(27)23(19)30-9-8-16(11-30)32-13-20(28-29-32)14-4-2-1-3-5-14/h1-5,10,12-13,15-16H,6-9,11H2,(H,34,35). The Bertz CT molecular complexity index is 1530. The highest BCUT2D eigenvalue weighted by atomic mass is 19.1. The summed E-state index contributed by atoms with van der Waals surface area (Å²) in [6.07, 6.45) is 5.11. The molecular formula is C25H21F2N5O3. The van der Waals surface area contributed by atoms with Crippen molar-refractivity contribution in [2.24, 2.45) is 0 Å². The van der Waals surface area contributed by atoms with Gasteiger partial charge in [-0.3, -0.25) is 4.79 Å². The first-order valence-electron chi connectivity index (χ1n) is 11.4. The lowest BCUT2D eigenvalue weighted by molar-refractivity contribution is 0.0694. The maximum atomic E-state index is 15.9. The number of carbonyl (C=O) groups is 1. The zero-order valence-corrected chi connectivity index (χ0v) is 18.6. The lowest BCUT2D eigenvalue weighted by atomic mass is 10.1. The highest BCUT2D eigenvalue weighted by molar-refractivity contribution is 5.94. The molecule has 2 aromatic carbocycles. The van der Waals surface area contributed by atoms with Gasteiger partial charge in [-0.05, 0) is 25.3 Å². The number of anilines is 1. The van der Waals surface area contributed by atoms with Crippen LogP contribution < -0.4 is 10.3 Å². The topological polar surface area (TPSA) is 93.2 Å². The van der Waals surface area contributed by atoms with E-state index in [-0.39, 0.29) is 28.7 Å². The van der Waals surface area contributed by atoms with E-state index in [0.29, 0.717) is 19.5 Å². The number of carboxylic acid groups (broad SMARTS) is 1. The van der Waals surface area contributed by atoms with Gasteiger partial charge in [-0.1, -0.05) is 35.5 Å². The van der Waals surface area contributed by atoms with Crippen LogP contribution in [0.15, 0.2) is 53.6 Å². The fraction of sp³-hybridized carbons (Fsp3) is 0.280. The van der Waals surface area contributed by atoms with E-state index in [2.05, 4.69) is 10.3 Å². The molecule has 1 N–H and O–H groups in total. The van der Waals surface area contributed by atoms with Gasteiger partial charge in [-0.2, -0.15) is 0 Å². The van der Waals surface area contributed by atoms with Gasteiger partial charge >= 0.3 is 5.97 Å². The van der Waals surface area contributed by atoms with Crippen molar-refractivity contribution in [2.75, 3.05) is 18.0 Å². The average molecular weight is 477 g/mol. The summed E-state index contributed by atoms with van der Waals surface area (Å²) < 4.78 is 34.3. The number of hydrogen-bond acceptors (Lipinski definition) is 5. The number of carboxylic acids is 1. The molecule has 2 fully saturated rings. The zero-order valence-electron chi connectivity index (χ0n) is 18.6. The van der Waals surface area contributed by atoms with Crippen molar-refractivity contribution in [1.29, 1.82) is 0 Å². The van der Waals surface area contributed by atoms with Crippen LogP contribution in [0.2, 0.25) is 0 Å². The van der Waals surface area contributed by atoms with Gasteiger partial charge in [0.1, 0.15) is 22.8 Å². The quantitative estimate of drug-likeness (QED) is 0.467. The molecule has 10 heteroatoms. The second-order valence-electron chi connectivity index (χ2n) is 9.07. The van der Waals surface area contributed by atoms with E-state index in [9.17, 15) is 14.7 Å². The predicted octanol–water partition coefficient (Wildman–Crippen LogP) is 4.02. The minimum absolute atomic E-state index is 0.0468. The van der Waals surface area contributed by atoms with Crippen LogP contribution in [0, 0.1) is 11.6 Å². The van der Waals surface area contributed by atoms with Crippen molar-refractivity contribution >= 4 is 22.6 Å². The Morgan fingerprint density at radius 2 is 1.83 bits per heavy atom. The fourth-order valence-corrected chi connectivity index (χ4v) is 4.87. The molecule has 0 spiro atoms. The molecule has 35 heavy (non-hydrogen) atoms. The van der Waals surface area contributed by atoms with Crippen LogP contribution in [0.1, 0.15) is 41.7 Å². The lowest BCUT2D eigenvalue weighted by Crippen LogP contribution is -2.25. The first-order valence-corrected chi connectivity index (χ1v) is 11.4. The lowest BCUT2D eigenvalue weighted by Gasteiger charge is -2.22. The summed E-state index contributed by atoms with van der Waals surface area (Å²) >= 11 is 0. The van der Waals surface area contributed by atoms with E-state index in [1.54, 1.807) is 9.58 Å². The Morgan fingerprint density at radius 1 is 1.06 bits per heavy atom. The number of nitrogens with zero attached hydrogens (tertiary/aromatic N) is 5. The van der Waals surface area contributed by atoms with Gasteiger partial charge in [0.25, 0.3) is 0 Å². The van der Waals surface area contributed by atoms with Gasteiger partial charge in [0.05, 0.1) is 23.1 Å². The zero-order chi connectivity index (χ0) is 24.3. The third-order valence-corrected chi connectivity index (χ3v) is 6.79. The van der Waals surface area contributed by atoms with Crippen LogP contribution >= 0.6 is 0 Å². The van der Waals surface area contributed by atoms with Crippen molar-refractivity contribution in [2.45, 2.75) is 31.3 Å². The smallest absolute Gasteiger partial charge is 0.341 e. The predicted molar refractivity (Wildman–Crippen MR) is 125 cm³/mol. The van der Waals surface area contributed by atoms with E-state index in [4.69, 9.17) is 0 Å². The minimum atomic E-state index is -1.42. The summed E-state index contributed by atoms with van der Waals surface area (Å²) in [6.45, 7) is 0.712. The molecule has 2 aliphatic rings. The maximum absolute atomic E-state index is 15.9. The number of pyridine rings is 1. The van der Waals surface area contributed by atoms with E-state index >= 15 is 8.78 Å². The molecule has 8 nitrogen and oxygen atoms in total. The Morgan fingerprint density at radius 3 is 2.54 bits per heavy atom. The Balaban J connectivity index is 1.37. The summed E-state index contributed by atoms with van der Waals surface area (Å²) in [4.78, 5) is 25.9. The summed E-state index contributed by atoms with van der Waals surface area (Å²) in [5.41, 5.74) is 0.0187. The number of benzene rings is 2. The molecule has 1 saturated heterocycles. The molecular weight excluding hydrogens is 456 g/mol. The summed E-state index contributed by atoms with van der Waals surface area (Å²) in [7, 11) is 0. The third-order valence-electron chi connectivity index (χ3n) is 6.79. The molecule has 1 saturated carbocycles. The molecule has 3 heterocycles. The maximum Gasteiger partial charge on any atom is 0.341 e. The Hall–Kier alpha value is -4.08. The molecule has 1 atom stereocenters. The first-order chi connectivity index (χ1) is 16.9. The molecule has 6 rings (SSSR count). The molecule has 178 valence electrons. The van der Waals surface area contributed by atoms with Crippen molar-refractivity contribution in [3.63, 3.8) is 0 Å². The number of hydrogen-bond donors (Lipinski definition) is 1. The molecule has 0 amide bonds. The number of fused-ring (bicyclic) bond motifs is 1. The average Bonchev–Trinajstić information content (AvgIpc) is 3.36. The molecule has 1 aliphatic carbocycles. The van der Waals surface area contributed by atoms with Gasteiger partial charge < -0.3 is 14.6 Å². The highest BCUT2D eigenvalue weighted by Gasteiger charge is 2.33. The van der Waals surface area contributed by atoms with Gasteiger partial charge in [-0.15, -0.1) is 5.10 Å². The van der Waals surface area contributed by atoms with Crippen LogP contribution in [0.25, 0.3) is 22.2 Å². The van der Waals surface area contributed by atoms with Crippen LogP contribution in [-0.4, -0.2) is 43.7 Å². The Labute approximate surface area is 198 Å². The highest BCUT2D eigenvalue weighted by Crippen LogP contribution is 2.40. The van der Waals surface area contributed by atoms with Gasteiger partial charge in [-0.25, -0.2) is 18.3 Å². The van der Waals surface area contributed by atoms with Gasteiger partial charge in [0.15, 0.2) is 5.82 Å². The largest absolute Gasteiger partial charge is 0.477 e. The van der Waals surface area contributed by atoms with Gasteiger partial charge in [0.2, 0.25) is 5.43 Å². The van der Waals surface area contributed by atoms with E-state index < -0.39 is 28.6 Å². The Kier molecular flexibility index (Phi) is 4.91. The van der Waals surface area contributed by atoms with Crippen molar-refractivity contribution in [3.05, 3.63) is 76.2 Å². The summed E-state index contributed by atoms with van der Waals surface area (Å²) in [5, 5.41) is 17.6. The second kappa shape index (κ2) is 8.00. The third kappa shape index (κ3) is 3.56. The van der Waals surface area contributed by atoms with Crippen molar-refractivity contribution < 1.29 is 18.7 Å². The minimum Gasteiger partial charge on any atom is -0.477 e. The second-order valence-corrected chi connectivity index (χ2v) is 9.07. The van der Waals surface area contributed by atoms with Crippen LogP contribution in [0.5, 0.6) is 0 Å². The van der Waals surface area contributed by atoms with E-state index in [0.717, 1.165) is 30.2 Å². The van der Waals surface area contributed by atoms with Crippen molar-refractivity contribution in [3.8, 4) is 11.3 Å². The van der Waals surface area contributed by atoms with Crippen LogP contribution in [0.3, 0.4) is 0 Å². The monoisotopic (exact) mass is 477 g/mol. The number of rotatable bonds is 5. The van der Waals surface area contributed by atoms with Crippen LogP contribution in [0.4, 0.5) is 14.5 Å². The summed E-state index contributed by atoms with van der Waals surface area (Å²) in [5.74, 6) is -3.15. The number of aromatic nitrogens is 4. The van der Waals surface area contributed by atoms with Gasteiger partial charge in [0, 0.05) is 30.9 Å². The molecule has 1 unspecified atom stereocenters. The van der Waals surface area contributed by atoms with E-state index in [1.807, 2.05) is 36.5 Å². The van der Waals surface area contributed by atoms with E-state index in [1.165, 1.54) is 10.8 Å². The SMILES string of the molecule is O=C(O)c1cn(C2CC2)c2c(F)c(N3CCC(n4cc(-c5ccccc5)nn4)C3)c(F)cc2c1=O. The molecule has 1 aliphatic heterocycles.